The molecule has 2 aromatic rings. The molecule has 0 atom stereocenters. The number of carbonyl (C=O) groups excluding carboxylic acids is 1. The lowest BCUT2D eigenvalue weighted by molar-refractivity contribution is -0.274. The van der Waals surface area contributed by atoms with E-state index in [4.69, 9.17) is 4.18 Å². The lowest BCUT2D eigenvalue weighted by Crippen LogP contribution is -2.18. The van der Waals surface area contributed by atoms with Crippen LogP contribution in [0.3, 0.4) is 0 Å². The normalized spacial score (nSPS) is 11.8. The average Bonchev–Trinajstić information content (AvgIpc) is 2.46. The first-order valence-corrected chi connectivity index (χ1v) is 7.46. The number of halogens is 3. The van der Waals surface area contributed by atoms with Crippen LogP contribution < -0.4 is 8.92 Å². The summed E-state index contributed by atoms with van der Waals surface area (Å²) < 4.78 is 69.2. The molecule has 9 heteroatoms. The van der Waals surface area contributed by atoms with Crippen LogP contribution in [0.2, 0.25) is 0 Å². The van der Waals surface area contributed by atoms with Gasteiger partial charge in [0.2, 0.25) is 0 Å². The first kappa shape index (κ1) is 16.8. The molecule has 0 N–H and O–H groups in total. The van der Waals surface area contributed by atoms with Crippen LogP contribution in [0.15, 0.2) is 53.4 Å². The minimum absolute atomic E-state index is 0.0239. The predicted molar refractivity (Wildman–Crippen MR) is 72.8 cm³/mol. The zero-order valence-electron chi connectivity index (χ0n) is 11.3. The first-order chi connectivity index (χ1) is 10.7. The SMILES string of the molecule is O=Cc1cc(S(=O)(=O)Oc2ccccc2)ccc1OC(F)(F)F. The van der Waals surface area contributed by atoms with Gasteiger partial charge in [-0.05, 0) is 30.3 Å². The van der Waals surface area contributed by atoms with Crippen molar-refractivity contribution in [1.82, 2.24) is 0 Å². The summed E-state index contributed by atoms with van der Waals surface area (Å²) in [6, 6.07) is 9.84. The largest absolute Gasteiger partial charge is 0.573 e. The highest BCUT2D eigenvalue weighted by Gasteiger charge is 2.32. The third kappa shape index (κ3) is 4.46. The Kier molecular flexibility index (Phi) is 4.60. The second kappa shape index (κ2) is 6.29. The Balaban J connectivity index is 2.34. The van der Waals surface area contributed by atoms with Crippen molar-refractivity contribution < 1.29 is 35.3 Å². The molecule has 0 aliphatic carbocycles. The number of benzene rings is 2. The van der Waals surface area contributed by atoms with E-state index in [-0.39, 0.29) is 12.0 Å². The average molecular weight is 346 g/mol. The van der Waals surface area contributed by atoms with Crippen molar-refractivity contribution in [3.05, 3.63) is 54.1 Å². The summed E-state index contributed by atoms with van der Waals surface area (Å²) in [5, 5.41) is 0. The molecule has 0 aliphatic rings. The van der Waals surface area contributed by atoms with Crippen LogP contribution >= 0.6 is 0 Å². The van der Waals surface area contributed by atoms with E-state index in [0.29, 0.717) is 0 Å². The van der Waals surface area contributed by atoms with E-state index in [1.165, 1.54) is 12.1 Å². The van der Waals surface area contributed by atoms with Crippen LogP contribution in [0.4, 0.5) is 13.2 Å². The highest BCUT2D eigenvalue weighted by molar-refractivity contribution is 7.87. The quantitative estimate of drug-likeness (QED) is 0.614. The number of rotatable bonds is 5. The van der Waals surface area contributed by atoms with Gasteiger partial charge in [-0.1, -0.05) is 18.2 Å². The van der Waals surface area contributed by atoms with Crippen LogP contribution in [0.1, 0.15) is 10.4 Å². The number of alkyl halides is 3. The van der Waals surface area contributed by atoms with Crippen molar-refractivity contribution >= 4 is 16.4 Å². The summed E-state index contributed by atoms with van der Waals surface area (Å²) in [4.78, 5) is 10.4. The molecule has 122 valence electrons. The number of para-hydroxylation sites is 1. The summed E-state index contributed by atoms with van der Waals surface area (Å²) in [7, 11) is -4.30. The molecule has 0 amide bonds. The Bertz CT molecular complexity index is 801. The second-order valence-electron chi connectivity index (χ2n) is 4.22. The lowest BCUT2D eigenvalue weighted by Gasteiger charge is -2.12. The molecule has 0 radical (unpaired) electrons. The van der Waals surface area contributed by atoms with Gasteiger partial charge in [-0.3, -0.25) is 4.79 Å². The molecule has 0 unspecified atom stereocenters. The van der Waals surface area contributed by atoms with Crippen molar-refractivity contribution in [3.63, 3.8) is 0 Å². The van der Waals surface area contributed by atoms with E-state index in [1.807, 2.05) is 0 Å². The summed E-state index contributed by atoms with van der Waals surface area (Å²) in [6.07, 6.45) is -4.94. The van der Waals surface area contributed by atoms with Gasteiger partial charge in [0.05, 0.1) is 5.56 Å². The standard InChI is InChI=1S/C14H9F3O5S/c15-14(16,17)21-13-7-6-12(8-10(13)9-18)23(19,20)22-11-4-2-1-3-5-11/h1-9H. The maximum atomic E-state index is 12.2. The van der Waals surface area contributed by atoms with Gasteiger partial charge < -0.3 is 8.92 Å². The van der Waals surface area contributed by atoms with Crippen LogP contribution in [0, 0.1) is 0 Å². The number of ether oxygens (including phenoxy) is 1. The molecule has 0 aromatic heterocycles. The van der Waals surface area contributed by atoms with Gasteiger partial charge in [0, 0.05) is 0 Å². The van der Waals surface area contributed by atoms with Crippen LogP contribution in [0.25, 0.3) is 0 Å². The number of aldehydes is 1. The van der Waals surface area contributed by atoms with Crippen LogP contribution in [0.5, 0.6) is 11.5 Å². The maximum absolute atomic E-state index is 12.2. The predicted octanol–water partition coefficient (Wildman–Crippen LogP) is 3.17. The first-order valence-electron chi connectivity index (χ1n) is 6.06. The molecule has 2 aromatic carbocycles. The third-order valence-electron chi connectivity index (χ3n) is 2.57. The zero-order chi connectivity index (χ0) is 17.1. The minimum Gasteiger partial charge on any atom is -0.405 e. The van der Waals surface area contributed by atoms with E-state index < -0.39 is 32.7 Å². The minimum atomic E-state index is -5.00. The summed E-state index contributed by atoms with van der Waals surface area (Å²) in [5.41, 5.74) is -0.569. The van der Waals surface area contributed by atoms with Gasteiger partial charge >= 0.3 is 16.5 Å². The van der Waals surface area contributed by atoms with Crippen molar-refractivity contribution in [3.8, 4) is 11.5 Å². The molecule has 0 saturated heterocycles. The van der Waals surface area contributed by atoms with Crippen molar-refractivity contribution in [2.24, 2.45) is 0 Å². The molecule has 0 spiro atoms. The molecular weight excluding hydrogens is 337 g/mol. The Morgan fingerprint density at radius 1 is 1.00 bits per heavy atom. The molecule has 0 saturated carbocycles. The van der Waals surface area contributed by atoms with Crippen LogP contribution in [-0.2, 0) is 10.1 Å². The maximum Gasteiger partial charge on any atom is 0.573 e. The summed E-state index contributed by atoms with van der Waals surface area (Å²) in [6.45, 7) is 0. The number of hydrogen-bond acceptors (Lipinski definition) is 5. The fraction of sp³-hybridized carbons (Fsp3) is 0.0714. The smallest absolute Gasteiger partial charge is 0.405 e. The molecule has 0 aliphatic heterocycles. The van der Waals surface area contributed by atoms with Crippen molar-refractivity contribution in [1.29, 1.82) is 0 Å². The lowest BCUT2D eigenvalue weighted by atomic mass is 10.2. The molecule has 0 heterocycles. The number of hydrogen-bond donors (Lipinski definition) is 0. The van der Waals surface area contributed by atoms with E-state index in [1.54, 1.807) is 18.2 Å². The van der Waals surface area contributed by atoms with E-state index >= 15 is 0 Å². The number of carbonyl (C=O) groups is 1. The van der Waals surface area contributed by atoms with Gasteiger partial charge in [-0.25, -0.2) is 0 Å². The third-order valence-corrected chi connectivity index (χ3v) is 3.81. The fourth-order valence-electron chi connectivity index (χ4n) is 1.64. The molecule has 0 fully saturated rings. The Hall–Kier alpha value is -2.55. The highest BCUT2D eigenvalue weighted by Crippen LogP contribution is 2.28. The van der Waals surface area contributed by atoms with Gasteiger partial charge in [0.1, 0.15) is 16.4 Å². The van der Waals surface area contributed by atoms with Crippen molar-refractivity contribution in [2.75, 3.05) is 0 Å². The van der Waals surface area contributed by atoms with Gasteiger partial charge in [-0.15, -0.1) is 13.2 Å². The monoisotopic (exact) mass is 346 g/mol. The molecule has 5 nitrogen and oxygen atoms in total. The molecule has 0 bridgehead atoms. The van der Waals surface area contributed by atoms with E-state index in [9.17, 15) is 26.4 Å². The Morgan fingerprint density at radius 3 is 2.22 bits per heavy atom. The molecular formula is C14H9F3O5S. The topological polar surface area (TPSA) is 69.7 Å². The van der Waals surface area contributed by atoms with Gasteiger partial charge in [0.25, 0.3) is 0 Å². The van der Waals surface area contributed by atoms with Crippen LogP contribution in [-0.4, -0.2) is 21.1 Å². The van der Waals surface area contributed by atoms with Gasteiger partial charge in [-0.2, -0.15) is 8.42 Å². The summed E-state index contributed by atoms with van der Waals surface area (Å²) in [5.74, 6) is -0.776. The Labute approximate surface area is 129 Å². The second-order valence-corrected chi connectivity index (χ2v) is 5.76. The Morgan fingerprint density at radius 2 is 1.65 bits per heavy atom. The molecule has 2 rings (SSSR count). The van der Waals surface area contributed by atoms with E-state index in [0.717, 1.165) is 18.2 Å². The van der Waals surface area contributed by atoms with Crippen molar-refractivity contribution in [2.45, 2.75) is 11.3 Å². The highest BCUT2D eigenvalue weighted by atomic mass is 32.2. The summed E-state index contributed by atoms with van der Waals surface area (Å²) >= 11 is 0. The van der Waals surface area contributed by atoms with E-state index in [2.05, 4.69) is 4.74 Å². The fourth-order valence-corrected chi connectivity index (χ4v) is 2.61. The van der Waals surface area contributed by atoms with Gasteiger partial charge in [0.15, 0.2) is 6.29 Å². The zero-order valence-corrected chi connectivity index (χ0v) is 12.1. The molecule has 23 heavy (non-hydrogen) atoms.